The van der Waals surface area contributed by atoms with Crippen LogP contribution in [0.5, 0.6) is 0 Å². The first kappa shape index (κ1) is 20.4. The number of hydrogen-bond donors (Lipinski definition) is 3. The normalized spacial score (nSPS) is 15.1. The Labute approximate surface area is 172 Å². The van der Waals surface area contributed by atoms with Crippen molar-refractivity contribution in [2.75, 3.05) is 30.3 Å². The van der Waals surface area contributed by atoms with Crippen LogP contribution in [0.15, 0.2) is 48.8 Å². The smallest absolute Gasteiger partial charge is 0.286 e. The zero-order valence-electron chi connectivity index (χ0n) is 16.0. The van der Waals surface area contributed by atoms with Gasteiger partial charge in [0.25, 0.3) is 5.91 Å². The second-order valence-corrected chi connectivity index (χ2v) is 7.47. The Morgan fingerprint density at radius 1 is 1.11 bits per heavy atom. The van der Waals surface area contributed by atoms with Gasteiger partial charge < -0.3 is 15.3 Å². The van der Waals surface area contributed by atoms with Crippen LogP contribution in [0.2, 0.25) is 0 Å². The van der Waals surface area contributed by atoms with Crippen LogP contribution in [0.1, 0.15) is 24.0 Å². The summed E-state index contributed by atoms with van der Waals surface area (Å²) in [5.74, 6) is 0.632. The van der Waals surface area contributed by atoms with E-state index in [4.69, 9.17) is 0 Å². The predicted molar refractivity (Wildman–Crippen MR) is 116 cm³/mol. The first-order valence-electron chi connectivity index (χ1n) is 9.72. The maximum absolute atomic E-state index is 11.7. The molecule has 2 heterocycles. The van der Waals surface area contributed by atoms with Crippen LogP contribution in [0.4, 0.5) is 5.69 Å². The van der Waals surface area contributed by atoms with Gasteiger partial charge in [-0.05, 0) is 36.1 Å². The van der Waals surface area contributed by atoms with Crippen molar-refractivity contribution in [1.82, 2.24) is 5.32 Å². The van der Waals surface area contributed by atoms with Gasteiger partial charge in [-0.25, -0.2) is 0 Å². The molecular formula is C22H28N3O2S+. The number of amides is 1. The first-order chi connectivity index (χ1) is 13.6. The zero-order valence-corrected chi connectivity index (χ0v) is 16.9. The third kappa shape index (κ3) is 6.11. The molecule has 0 aliphatic carbocycles. The number of nitrogens with zero attached hydrogens (tertiary/aromatic N) is 2. The average molecular weight is 399 g/mol. The van der Waals surface area contributed by atoms with Gasteiger partial charge in [0.05, 0.1) is 6.10 Å². The summed E-state index contributed by atoms with van der Waals surface area (Å²) in [7, 11) is 0. The van der Waals surface area contributed by atoms with Crippen LogP contribution < -0.4 is 14.8 Å². The number of aliphatic hydroxyl groups excluding tert-OH is 1. The van der Waals surface area contributed by atoms with Gasteiger partial charge >= 0.3 is 0 Å². The Balaban J connectivity index is 1.54. The van der Waals surface area contributed by atoms with Gasteiger partial charge in [-0.15, -0.1) is 0 Å². The van der Waals surface area contributed by atoms with E-state index in [1.165, 1.54) is 5.69 Å². The second-order valence-electron chi connectivity index (χ2n) is 7.02. The number of piperidine rings is 1. The standard InChI is InChI=1S/C22H27N3O2S/c26-21-9-14-25(15-10-21)20-5-3-18(4-6-20)1-2-19-7-12-24(13-8-19)17-22(27)23-11-16-28/h1-8,12-13,21,26H,9-11,14-17H2,(H-,23,27,28)/p+1. The van der Waals surface area contributed by atoms with Crippen molar-refractivity contribution in [1.29, 1.82) is 0 Å². The molecule has 2 aromatic rings. The number of carbonyl (C=O) groups is 1. The van der Waals surface area contributed by atoms with E-state index < -0.39 is 0 Å². The Morgan fingerprint density at radius 3 is 2.32 bits per heavy atom. The molecule has 1 fully saturated rings. The minimum absolute atomic E-state index is 0.00866. The largest absolute Gasteiger partial charge is 0.393 e. The van der Waals surface area contributed by atoms with Gasteiger partial charge in [-0.2, -0.15) is 17.2 Å². The van der Waals surface area contributed by atoms with Crippen molar-refractivity contribution < 1.29 is 14.5 Å². The summed E-state index contributed by atoms with van der Waals surface area (Å²) in [6.07, 6.45) is 9.51. The lowest BCUT2D eigenvalue weighted by atomic mass is 10.1. The molecule has 28 heavy (non-hydrogen) atoms. The minimum Gasteiger partial charge on any atom is -0.393 e. The number of aliphatic hydroxyl groups is 1. The molecular weight excluding hydrogens is 370 g/mol. The highest BCUT2D eigenvalue weighted by Crippen LogP contribution is 2.21. The monoisotopic (exact) mass is 398 g/mol. The fourth-order valence-electron chi connectivity index (χ4n) is 3.22. The summed E-state index contributed by atoms with van der Waals surface area (Å²) < 4.78 is 1.86. The number of pyridine rings is 1. The number of hydrogen-bond acceptors (Lipinski definition) is 4. The van der Waals surface area contributed by atoms with Crippen molar-refractivity contribution in [3.63, 3.8) is 0 Å². The molecule has 1 aliphatic heterocycles. The molecule has 148 valence electrons. The molecule has 1 amide bonds. The molecule has 5 nitrogen and oxygen atoms in total. The maximum atomic E-state index is 11.7. The third-order valence-electron chi connectivity index (χ3n) is 4.87. The highest BCUT2D eigenvalue weighted by Gasteiger charge is 2.16. The Bertz CT molecular complexity index is 782. The lowest BCUT2D eigenvalue weighted by Gasteiger charge is -2.31. The van der Waals surface area contributed by atoms with E-state index in [1.807, 2.05) is 29.1 Å². The van der Waals surface area contributed by atoms with E-state index in [0.29, 0.717) is 18.8 Å². The zero-order chi connectivity index (χ0) is 19.8. The number of nitrogens with one attached hydrogen (secondary N) is 1. The summed E-state index contributed by atoms with van der Waals surface area (Å²) in [5, 5.41) is 12.4. The topological polar surface area (TPSA) is 56.5 Å². The molecule has 0 saturated carbocycles. The van der Waals surface area contributed by atoms with Crippen molar-refractivity contribution in [2.45, 2.75) is 25.5 Å². The van der Waals surface area contributed by atoms with Crippen molar-refractivity contribution in [3.05, 3.63) is 59.9 Å². The molecule has 3 rings (SSSR count). The summed E-state index contributed by atoms with van der Waals surface area (Å²) >= 11 is 4.08. The van der Waals surface area contributed by atoms with Crippen molar-refractivity contribution in [3.8, 4) is 0 Å². The maximum Gasteiger partial charge on any atom is 0.286 e. The molecule has 0 spiro atoms. The average Bonchev–Trinajstić information content (AvgIpc) is 2.73. The number of thiol groups is 1. The van der Waals surface area contributed by atoms with E-state index in [0.717, 1.165) is 37.1 Å². The van der Waals surface area contributed by atoms with Gasteiger partial charge in [-0.1, -0.05) is 24.3 Å². The first-order valence-corrected chi connectivity index (χ1v) is 10.3. The summed E-state index contributed by atoms with van der Waals surface area (Å²) in [6, 6.07) is 12.5. The van der Waals surface area contributed by atoms with E-state index in [9.17, 15) is 9.90 Å². The van der Waals surface area contributed by atoms with Crippen molar-refractivity contribution in [2.24, 2.45) is 0 Å². The molecule has 6 heteroatoms. The minimum atomic E-state index is -0.148. The molecule has 0 unspecified atom stereocenters. The van der Waals surface area contributed by atoms with Gasteiger partial charge in [0.1, 0.15) is 0 Å². The van der Waals surface area contributed by atoms with E-state index >= 15 is 0 Å². The predicted octanol–water partition coefficient (Wildman–Crippen LogP) is 2.15. The third-order valence-corrected chi connectivity index (χ3v) is 5.09. The molecule has 2 N–H and O–H groups in total. The molecule has 1 aromatic carbocycles. The summed E-state index contributed by atoms with van der Waals surface area (Å²) in [6.45, 7) is 2.72. The Hall–Kier alpha value is -2.31. The Kier molecular flexibility index (Phi) is 7.51. The second kappa shape index (κ2) is 10.3. The molecule has 0 bridgehead atoms. The van der Waals surface area contributed by atoms with Gasteiger partial charge in [0.2, 0.25) is 6.54 Å². The van der Waals surface area contributed by atoms with Crippen molar-refractivity contribution >= 4 is 36.4 Å². The number of carbonyl (C=O) groups excluding carboxylic acids is 1. The fourth-order valence-corrected chi connectivity index (χ4v) is 3.33. The SMILES string of the molecule is O=C(C[n+]1ccc(/C=C/c2ccc(N3CCC(O)CC3)cc2)cc1)NCCS. The number of aromatic nitrogens is 1. The lowest BCUT2D eigenvalue weighted by molar-refractivity contribution is -0.684. The van der Waals surface area contributed by atoms with E-state index in [1.54, 1.807) is 0 Å². The molecule has 0 radical (unpaired) electrons. The molecule has 0 atom stereocenters. The molecule has 1 aliphatic rings. The van der Waals surface area contributed by atoms with Crippen LogP contribution in [-0.4, -0.2) is 42.5 Å². The van der Waals surface area contributed by atoms with E-state index in [-0.39, 0.29) is 12.0 Å². The summed E-state index contributed by atoms with van der Waals surface area (Å²) in [4.78, 5) is 14.1. The Morgan fingerprint density at radius 2 is 1.71 bits per heavy atom. The number of benzene rings is 1. The highest BCUT2D eigenvalue weighted by molar-refractivity contribution is 7.80. The van der Waals surface area contributed by atoms with Crippen LogP contribution in [-0.2, 0) is 11.3 Å². The van der Waals surface area contributed by atoms with Crippen LogP contribution in [0, 0.1) is 0 Å². The quantitative estimate of drug-likeness (QED) is 0.495. The summed E-state index contributed by atoms with van der Waals surface area (Å²) in [5.41, 5.74) is 3.44. The van der Waals surface area contributed by atoms with Crippen LogP contribution in [0.25, 0.3) is 12.2 Å². The van der Waals surface area contributed by atoms with Crippen LogP contribution in [0.3, 0.4) is 0 Å². The van der Waals surface area contributed by atoms with Gasteiger partial charge in [-0.3, -0.25) is 4.79 Å². The number of rotatable bonds is 7. The van der Waals surface area contributed by atoms with E-state index in [2.05, 4.69) is 59.3 Å². The molecule has 1 aromatic heterocycles. The lowest BCUT2D eigenvalue weighted by Crippen LogP contribution is -2.42. The fraction of sp³-hybridized carbons (Fsp3) is 0.364. The van der Waals surface area contributed by atoms with Crippen LogP contribution >= 0.6 is 12.6 Å². The number of anilines is 1. The molecule has 1 saturated heterocycles. The highest BCUT2D eigenvalue weighted by atomic mass is 32.1. The van der Waals surface area contributed by atoms with Gasteiger partial charge in [0, 0.05) is 43.2 Å². The van der Waals surface area contributed by atoms with Gasteiger partial charge in [0.15, 0.2) is 12.4 Å².